The van der Waals surface area contributed by atoms with Crippen molar-refractivity contribution >= 4 is 5.97 Å². The molecule has 1 aromatic heterocycles. The van der Waals surface area contributed by atoms with Gasteiger partial charge in [0, 0.05) is 18.0 Å². The molecule has 0 saturated heterocycles. The van der Waals surface area contributed by atoms with E-state index in [9.17, 15) is 4.79 Å². The van der Waals surface area contributed by atoms with Crippen molar-refractivity contribution in [3.63, 3.8) is 0 Å². The van der Waals surface area contributed by atoms with Gasteiger partial charge in [-0.3, -0.25) is 4.79 Å². The van der Waals surface area contributed by atoms with Crippen molar-refractivity contribution in [1.82, 2.24) is 9.97 Å². The normalized spacial score (nSPS) is 22.9. The molecular weight excluding hydrogens is 504 g/mol. The third kappa shape index (κ3) is 10.5. The topological polar surface area (TPSA) is 52.1 Å². The summed E-state index contributed by atoms with van der Waals surface area (Å²) < 4.78 is 5.77. The summed E-state index contributed by atoms with van der Waals surface area (Å²) in [5, 5.41) is 0. The Hall–Kier alpha value is -2.23. The van der Waals surface area contributed by atoms with Crippen LogP contribution >= 0.6 is 0 Å². The zero-order valence-corrected chi connectivity index (χ0v) is 26.1. The summed E-state index contributed by atoms with van der Waals surface area (Å²) in [5.74, 6) is 3.65. The van der Waals surface area contributed by atoms with E-state index < -0.39 is 0 Å². The Labute approximate surface area is 250 Å². The summed E-state index contributed by atoms with van der Waals surface area (Å²) in [6, 6.07) is 7.71. The molecule has 4 heteroatoms. The summed E-state index contributed by atoms with van der Waals surface area (Å²) in [7, 11) is 0. The lowest BCUT2D eigenvalue weighted by Crippen LogP contribution is -2.25. The van der Waals surface area contributed by atoms with Gasteiger partial charge in [-0.05, 0) is 98.9 Å². The summed E-state index contributed by atoms with van der Waals surface area (Å²) in [4.78, 5) is 22.2. The highest BCUT2D eigenvalue weighted by molar-refractivity contribution is 5.75. The van der Waals surface area contributed by atoms with E-state index in [0.717, 1.165) is 36.1 Å². The fourth-order valence-corrected chi connectivity index (χ4v) is 7.11. The number of carbonyl (C=O) groups is 1. The van der Waals surface area contributed by atoms with Crippen LogP contribution < -0.4 is 4.74 Å². The van der Waals surface area contributed by atoms with Crippen LogP contribution in [0.1, 0.15) is 154 Å². The average Bonchev–Trinajstić information content (AvgIpc) is 3.02. The molecule has 4 nitrogen and oxygen atoms in total. The molecule has 2 aliphatic carbocycles. The molecule has 0 bridgehead atoms. The number of rotatable bonds is 16. The minimum Gasteiger partial charge on any atom is -0.426 e. The average molecular weight is 561 g/mol. The molecule has 226 valence electrons. The van der Waals surface area contributed by atoms with Gasteiger partial charge in [0.1, 0.15) is 5.75 Å². The molecule has 2 aliphatic rings. The van der Waals surface area contributed by atoms with E-state index >= 15 is 0 Å². The lowest BCUT2D eigenvalue weighted by atomic mass is 9.77. The van der Waals surface area contributed by atoms with Crippen LogP contribution in [0, 0.1) is 17.8 Å². The molecule has 0 atom stereocenters. The fourth-order valence-electron chi connectivity index (χ4n) is 7.11. The van der Waals surface area contributed by atoms with Gasteiger partial charge in [0.05, 0.1) is 5.92 Å². The molecule has 2 saturated carbocycles. The molecule has 41 heavy (non-hydrogen) atoms. The minimum absolute atomic E-state index is 0.0442. The van der Waals surface area contributed by atoms with Crippen LogP contribution in [0.5, 0.6) is 5.75 Å². The first-order chi connectivity index (χ1) is 20.2. The maximum atomic E-state index is 12.8. The van der Waals surface area contributed by atoms with Gasteiger partial charge < -0.3 is 4.74 Å². The van der Waals surface area contributed by atoms with E-state index in [1.54, 1.807) is 0 Å². The van der Waals surface area contributed by atoms with Crippen molar-refractivity contribution in [2.75, 3.05) is 0 Å². The van der Waals surface area contributed by atoms with Crippen molar-refractivity contribution in [1.29, 1.82) is 0 Å². The summed E-state index contributed by atoms with van der Waals surface area (Å²) in [6.45, 7) is 4.55. The Kier molecular flexibility index (Phi) is 13.7. The largest absolute Gasteiger partial charge is 0.426 e. The van der Waals surface area contributed by atoms with Crippen molar-refractivity contribution in [3.05, 3.63) is 42.2 Å². The molecule has 1 aromatic carbocycles. The number of carbonyl (C=O) groups excluding carboxylic acids is 1. The van der Waals surface area contributed by atoms with Gasteiger partial charge in [-0.15, -0.1) is 0 Å². The van der Waals surface area contributed by atoms with E-state index in [4.69, 9.17) is 14.7 Å². The maximum Gasteiger partial charge on any atom is 0.314 e. The standard InChI is InChI=1S/C37H56N2O2/c1-3-5-7-9-11-13-29-15-19-31(20-16-29)34-27-38-36(39-28-34)32-23-25-35(26-24-32)41-37(40)33-21-17-30(18-22-33)14-12-10-8-6-4-2/h23-31,33H,3-22H2,1-2H3/t29-,30-,31-,33-. The van der Waals surface area contributed by atoms with Crippen LogP contribution in [-0.2, 0) is 4.79 Å². The van der Waals surface area contributed by atoms with Gasteiger partial charge in [-0.1, -0.05) is 90.9 Å². The minimum atomic E-state index is -0.0639. The second-order valence-electron chi connectivity index (χ2n) is 13.1. The molecule has 4 rings (SSSR count). The van der Waals surface area contributed by atoms with Gasteiger partial charge in [0.25, 0.3) is 0 Å². The zero-order chi connectivity index (χ0) is 28.7. The first kappa shape index (κ1) is 31.7. The number of benzene rings is 1. The van der Waals surface area contributed by atoms with Gasteiger partial charge in [0.15, 0.2) is 5.82 Å². The predicted octanol–water partition coefficient (Wildman–Crippen LogP) is 10.9. The molecule has 0 N–H and O–H groups in total. The fraction of sp³-hybridized carbons (Fsp3) is 0.703. The second kappa shape index (κ2) is 17.7. The Balaban J connectivity index is 1.16. The number of ether oxygens (including phenoxy) is 1. The Morgan fingerprint density at radius 3 is 1.73 bits per heavy atom. The van der Waals surface area contributed by atoms with Crippen LogP contribution in [0.3, 0.4) is 0 Å². The monoisotopic (exact) mass is 560 g/mol. The van der Waals surface area contributed by atoms with Crippen LogP contribution in [0.15, 0.2) is 36.7 Å². The van der Waals surface area contributed by atoms with E-state index in [2.05, 4.69) is 13.8 Å². The van der Waals surface area contributed by atoms with Crippen molar-refractivity contribution < 1.29 is 9.53 Å². The van der Waals surface area contributed by atoms with E-state index in [1.165, 1.54) is 121 Å². The molecule has 0 amide bonds. The number of esters is 1. The number of hydrogen-bond donors (Lipinski definition) is 0. The van der Waals surface area contributed by atoms with Crippen LogP contribution in [0.4, 0.5) is 0 Å². The van der Waals surface area contributed by atoms with Gasteiger partial charge in [-0.25, -0.2) is 9.97 Å². The van der Waals surface area contributed by atoms with Crippen molar-refractivity contribution in [2.45, 2.75) is 148 Å². The quantitative estimate of drug-likeness (QED) is 0.116. The molecule has 1 heterocycles. The number of aromatic nitrogens is 2. The first-order valence-corrected chi connectivity index (χ1v) is 17.3. The summed E-state index contributed by atoms with van der Waals surface area (Å²) in [6.07, 6.45) is 30.0. The zero-order valence-electron chi connectivity index (χ0n) is 26.1. The summed E-state index contributed by atoms with van der Waals surface area (Å²) in [5.41, 5.74) is 2.24. The molecule has 2 fully saturated rings. The van der Waals surface area contributed by atoms with Crippen molar-refractivity contribution in [2.24, 2.45) is 17.8 Å². The number of hydrogen-bond acceptors (Lipinski definition) is 4. The van der Waals surface area contributed by atoms with Crippen LogP contribution in [0.2, 0.25) is 0 Å². The van der Waals surface area contributed by atoms with Gasteiger partial charge in [-0.2, -0.15) is 0 Å². The Morgan fingerprint density at radius 2 is 1.20 bits per heavy atom. The lowest BCUT2D eigenvalue weighted by molar-refractivity contribution is -0.140. The Morgan fingerprint density at radius 1 is 0.683 bits per heavy atom. The third-order valence-corrected chi connectivity index (χ3v) is 9.93. The van der Waals surface area contributed by atoms with Crippen LogP contribution in [0.25, 0.3) is 11.4 Å². The Bertz CT molecular complexity index is 987. The summed E-state index contributed by atoms with van der Waals surface area (Å²) >= 11 is 0. The highest BCUT2D eigenvalue weighted by Gasteiger charge is 2.27. The van der Waals surface area contributed by atoms with E-state index in [1.807, 2.05) is 36.7 Å². The smallest absolute Gasteiger partial charge is 0.314 e. The molecular formula is C37H56N2O2. The SMILES string of the molecule is CCCCCCC[C@H]1CC[C@H](C(=O)Oc2ccc(-c3ncc([C@H]4CC[C@H](CCCCCCC)CC4)cn3)cc2)CC1. The highest BCUT2D eigenvalue weighted by atomic mass is 16.5. The first-order valence-electron chi connectivity index (χ1n) is 17.3. The lowest BCUT2D eigenvalue weighted by Gasteiger charge is -2.28. The number of nitrogens with zero attached hydrogens (tertiary/aromatic N) is 2. The van der Waals surface area contributed by atoms with E-state index in [0.29, 0.717) is 11.7 Å². The molecule has 0 unspecified atom stereocenters. The number of unbranched alkanes of at least 4 members (excludes halogenated alkanes) is 8. The molecule has 0 aliphatic heterocycles. The molecule has 2 aromatic rings. The maximum absolute atomic E-state index is 12.8. The highest BCUT2D eigenvalue weighted by Crippen LogP contribution is 2.38. The van der Waals surface area contributed by atoms with Gasteiger partial charge in [0.2, 0.25) is 0 Å². The van der Waals surface area contributed by atoms with Crippen LogP contribution in [-0.4, -0.2) is 15.9 Å². The van der Waals surface area contributed by atoms with Crippen molar-refractivity contribution in [3.8, 4) is 17.1 Å². The van der Waals surface area contributed by atoms with Gasteiger partial charge >= 0.3 is 5.97 Å². The predicted molar refractivity (Wildman–Crippen MR) is 170 cm³/mol. The van der Waals surface area contributed by atoms with E-state index in [-0.39, 0.29) is 11.9 Å². The second-order valence-corrected chi connectivity index (χ2v) is 13.1. The third-order valence-electron chi connectivity index (χ3n) is 9.93. The molecule has 0 spiro atoms. The molecule has 0 radical (unpaired) electrons.